The minimum Gasteiger partial charge on any atom is -0.444 e. The van der Waals surface area contributed by atoms with Crippen LogP contribution in [0.1, 0.15) is 74.9 Å². The highest BCUT2D eigenvalue weighted by molar-refractivity contribution is 6.09. The molecule has 1 atom stereocenters. The number of hydrogen-bond acceptors (Lipinski definition) is 7. The van der Waals surface area contributed by atoms with Gasteiger partial charge in [0.1, 0.15) is 29.0 Å². The zero-order valence-electron chi connectivity index (χ0n) is 31.0. The summed E-state index contributed by atoms with van der Waals surface area (Å²) in [5.41, 5.74) is -0.206. The summed E-state index contributed by atoms with van der Waals surface area (Å²) in [5, 5.41) is 7.39. The predicted octanol–water partition coefficient (Wildman–Crippen LogP) is 5.77. The number of likely N-dealkylation sites (tertiary alicyclic amines) is 1. The average molecular weight is 768 g/mol. The Bertz CT molecular complexity index is 1830. The highest BCUT2D eigenvalue weighted by Gasteiger charge is 2.35. The van der Waals surface area contributed by atoms with Gasteiger partial charge in [0.25, 0.3) is 5.91 Å². The van der Waals surface area contributed by atoms with Crippen molar-refractivity contribution in [2.24, 2.45) is 5.92 Å². The SMILES string of the molecule is COCCn1cc(C(=O)N2CCC(c3cc(CNC(=O)CNC(=O)[C@@H](NC(=O)OC(C)(C)C)C(C)C)ccc3F)CC2)c2c(OC(F)(F)F)ccc(F)c21. The molecule has 1 fully saturated rings. The largest absolute Gasteiger partial charge is 0.573 e. The Morgan fingerprint density at radius 3 is 2.24 bits per heavy atom. The number of carbonyl (C=O) groups excluding carboxylic acids is 4. The molecule has 296 valence electrons. The van der Waals surface area contributed by atoms with E-state index in [9.17, 15) is 32.3 Å². The van der Waals surface area contributed by atoms with Gasteiger partial charge >= 0.3 is 12.5 Å². The van der Waals surface area contributed by atoms with Gasteiger partial charge in [0.15, 0.2) is 0 Å². The van der Waals surface area contributed by atoms with Crippen LogP contribution in [-0.4, -0.2) is 84.6 Å². The third-order valence-electron chi connectivity index (χ3n) is 8.74. The molecule has 0 bridgehead atoms. The van der Waals surface area contributed by atoms with E-state index in [1.807, 2.05) is 0 Å². The van der Waals surface area contributed by atoms with E-state index in [4.69, 9.17) is 9.47 Å². The molecule has 1 aliphatic rings. The summed E-state index contributed by atoms with van der Waals surface area (Å²) < 4.78 is 85.7. The second kappa shape index (κ2) is 17.5. The van der Waals surface area contributed by atoms with E-state index in [1.165, 1.54) is 34.9 Å². The number of amides is 4. The second-order valence-electron chi connectivity index (χ2n) is 14.3. The second-order valence-corrected chi connectivity index (χ2v) is 14.3. The van der Waals surface area contributed by atoms with Crippen LogP contribution in [-0.2, 0) is 32.2 Å². The maximum Gasteiger partial charge on any atom is 0.573 e. The smallest absolute Gasteiger partial charge is 0.444 e. The van der Waals surface area contributed by atoms with Crippen LogP contribution in [0.4, 0.5) is 26.7 Å². The van der Waals surface area contributed by atoms with Crippen molar-refractivity contribution in [3.8, 4) is 5.75 Å². The van der Waals surface area contributed by atoms with Crippen molar-refractivity contribution < 1.29 is 55.3 Å². The lowest BCUT2D eigenvalue weighted by Crippen LogP contribution is -2.52. The molecular weight excluding hydrogens is 721 g/mol. The number of piperidine rings is 1. The highest BCUT2D eigenvalue weighted by atomic mass is 19.4. The van der Waals surface area contributed by atoms with E-state index in [0.29, 0.717) is 24.0 Å². The van der Waals surface area contributed by atoms with Crippen LogP contribution < -0.4 is 20.7 Å². The fraction of sp³-hybridized carbons (Fsp3) is 0.514. The molecule has 4 amide bonds. The van der Waals surface area contributed by atoms with Crippen LogP contribution in [0.2, 0.25) is 0 Å². The Kier molecular flexibility index (Phi) is 13.5. The Morgan fingerprint density at radius 1 is 0.963 bits per heavy atom. The summed E-state index contributed by atoms with van der Waals surface area (Å²) >= 11 is 0. The molecule has 0 aliphatic carbocycles. The topological polar surface area (TPSA) is 140 Å². The summed E-state index contributed by atoms with van der Waals surface area (Å²) in [4.78, 5) is 52.7. The van der Waals surface area contributed by atoms with Crippen LogP contribution in [0.15, 0.2) is 36.5 Å². The zero-order chi connectivity index (χ0) is 40.0. The number of benzene rings is 2. The monoisotopic (exact) mass is 767 g/mol. The number of alkyl halides is 3. The minimum atomic E-state index is -5.09. The predicted molar refractivity (Wildman–Crippen MR) is 188 cm³/mol. The fourth-order valence-corrected chi connectivity index (χ4v) is 6.20. The third kappa shape index (κ3) is 11.1. The van der Waals surface area contributed by atoms with Crippen molar-refractivity contribution in [1.29, 1.82) is 0 Å². The molecule has 0 saturated carbocycles. The van der Waals surface area contributed by atoms with Crippen molar-refractivity contribution in [2.45, 2.75) is 84.5 Å². The lowest BCUT2D eigenvalue weighted by molar-refractivity contribution is -0.274. The van der Waals surface area contributed by atoms with E-state index in [2.05, 4.69) is 20.7 Å². The normalized spacial score (nSPS) is 14.6. The first-order valence-corrected chi connectivity index (χ1v) is 17.5. The molecular formula is C37H46F5N5O7. The van der Waals surface area contributed by atoms with Crippen LogP contribution in [0, 0.1) is 17.6 Å². The molecule has 1 saturated heterocycles. The Balaban J connectivity index is 1.38. The summed E-state index contributed by atoms with van der Waals surface area (Å²) in [7, 11) is 1.41. The zero-order valence-corrected chi connectivity index (χ0v) is 31.0. The number of carbonyl (C=O) groups is 4. The number of nitrogens with zero attached hydrogens (tertiary/aromatic N) is 2. The van der Waals surface area contributed by atoms with Gasteiger partial charge in [-0.3, -0.25) is 14.4 Å². The lowest BCUT2D eigenvalue weighted by atomic mass is 9.88. The first kappa shape index (κ1) is 41.8. The molecule has 54 heavy (non-hydrogen) atoms. The third-order valence-corrected chi connectivity index (χ3v) is 8.74. The van der Waals surface area contributed by atoms with Crippen molar-refractivity contribution in [1.82, 2.24) is 25.4 Å². The molecule has 1 aromatic heterocycles. The number of hydrogen-bond donors (Lipinski definition) is 3. The van der Waals surface area contributed by atoms with Crippen molar-refractivity contribution in [3.05, 3.63) is 64.9 Å². The molecule has 1 aliphatic heterocycles. The van der Waals surface area contributed by atoms with E-state index in [1.54, 1.807) is 40.7 Å². The number of nitrogens with one attached hydrogen (secondary N) is 3. The highest BCUT2D eigenvalue weighted by Crippen LogP contribution is 2.38. The Morgan fingerprint density at radius 2 is 1.63 bits per heavy atom. The number of alkyl carbamates (subject to hydrolysis) is 1. The van der Waals surface area contributed by atoms with Gasteiger partial charge in [0.2, 0.25) is 11.8 Å². The van der Waals surface area contributed by atoms with E-state index in [-0.39, 0.29) is 67.6 Å². The number of ether oxygens (including phenoxy) is 3. The van der Waals surface area contributed by atoms with Crippen LogP contribution in [0.5, 0.6) is 5.75 Å². The summed E-state index contributed by atoms with van der Waals surface area (Å²) in [5.74, 6) is -4.37. The van der Waals surface area contributed by atoms with Gasteiger partial charge in [0, 0.05) is 39.5 Å². The van der Waals surface area contributed by atoms with Crippen LogP contribution >= 0.6 is 0 Å². The van der Waals surface area contributed by atoms with Crippen LogP contribution in [0.3, 0.4) is 0 Å². The molecule has 0 radical (unpaired) electrons. The molecule has 17 heteroatoms. The summed E-state index contributed by atoms with van der Waals surface area (Å²) in [6.07, 6.45) is -3.92. The maximum absolute atomic E-state index is 15.1. The quantitative estimate of drug-likeness (QED) is 0.188. The Hall–Kier alpha value is -4.93. The number of aromatic nitrogens is 1. The molecule has 3 N–H and O–H groups in total. The van der Waals surface area contributed by atoms with Gasteiger partial charge < -0.3 is 39.6 Å². The lowest BCUT2D eigenvalue weighted by Gasteiger charge is -2.32. The number of fused-ring (bicyclic) bond motifs is 1. The van der Waals surface area contributed by atoms with Crippen molar-refractivity contribution in [3.63, 3.8) is 0 Å². The van der Waals surface area contributed by atoms with E-state index >= 15 is 8.78 Å². The van der Waals surface area contributed by atoms with Crippen molar-refractivity contribution >= 4 is 34.7 Å². The number of rotatable bonds is 13. The van der Waals surface area contributed by atoms with Crippen molar-refractivity contribution in [2.75, 3.05) is 33.4 Å². The maximum atomic E-state index is 15.1. The first-order chi connectivity index (χ1) is 25.3. The first-order valence-electron chi connectivity index (χ1n) is 17.5. The molecule has 2 heterocycles. The standard InChI is InChI=1S/C37H46F5N5O7/c1-21(2)31(45-35(51)54-36(3,4)5)33(49)44-19-29(48)43-18-22-7-8-26(38)24(17-22)23-11-13-46(14-12-23)34(50)25-20-47(15-16-52-6)32-27(39)9-10-28(30(25)32)53-37(40,41)42/h7-10,17,20-21,23,31H,11-16,18-19H2,1-6H3,(H,43,48)(H,44,49)(H,45,51)/t31-/m0/s1. The number of methoxy groups -OCH3 is 1. The van der Waals surface area contributed by atoms with Gasteiger partial charge in [-0.25, -0.2) is 13.6 Å². The van der Waals surface area contributed by atoms with Crippen LogP contribution in [0.25, 0.3) is 10.9 Å². The molecule has 4 rings (SSSR count). The molecule has 2 aromatic carbocycles. The molecule has 0 unspecified atom stereocenters. The number of halogens is 5. The van der Waals surface area contributed by atoms with Gasteiger partial charge in [0.05, 0.1) is 29.6 Å². The summed E-state index contributed by atoms with van der Waals surface area (Å²) in [6.45, 7) is 8.62. The molecule has 12 nitrogen and oxygen atoms in total. The molecule has 3 aromatic rings. The van der Waals surface area contributed by atoms with Gasteiger partial charge in [-0.1, -0.05) is 26.0 Å². The van der Waals surface area contributed by atoms with E-state index < -0.39 is 59.2 Å². The summed E-state index contributed by atoms with van der Waals surface area (Å²) in [6, 6.07) is 5.13. The van der Waals surface area contributed by atoms with Gasteiger partial charge in [-0.15, -0.1) is 13.2 Å². The average Bonchev–Trinajstić information content (AvgIpc) is 3.48. The van der Waals surface area contributed by atoms with Gasteiger partial charge in [-0.05, 0) is 74.8 Å². The van der Waals surface area contributed by atoms with E-state index in [0.717, 1.165) is 12.1 Å². The fourth-order valence-electron chi connectivity index (χ4n) is 6.20. The minimum absolute atomic E-state index is 0.0229. The molecule has 0 spiro atoms. The Labute approximate surface area is 309 Å². The van der Waals surface area contributed by atoms with Gasteiger partial charge in [-0.2, -0.15) is 0 Å².